The lowest BCUT2D eigenvalue weighted by molar-refractivity contribution is -0.116. The van der Waals surface area contributed by atoms with Crippen LogP contribution < -0.4 is 20.7 Å². The third kappa shape index (κ3) is 9.45. The highest BCUT2D eigenvalue weighted by Gasteiger charge is 2.24. The van der Waals surface area contributed by atoms with Gasteiger partial charge < -0.3 is 20.7 Å². The van der Waals surface area contributed by atoms with Crippen molar-refractivity contribution in [2.75, 3.05) is 17.2 Å². The number of halogens is 1. The summed E-state index contributed by atoms with van der Waals surface area (Å²) in [5.41, 5.74) is 3.13. The molecule has 5 aromatic carbocycles. The molecule has 0 saturated heterocycles. The summed E-state index contributed by atoms with van der Waals surface area (Å²) >= 11 is 4.82. The average Bonchev–Trinajstić information content (AvgIpc) is 3.09. The number of ether oxygens (including phenoxy) is 1. The fourth-order valence-corrected chi connectivity index (χ4v) is 6.14. The lowest BCUT2D eigenvalue weighted by atomic mass is 10.1. The molecule has 47 heavy (non-hydrogen) atoms. The first-order valence-corrected chi connectivity index (χ1v) is 16.6. The first kappa shape index (κ1) is 33.2. The summed E-state index contributed by atoms with van der Waals surface area (Å²) in [5, 5.41) is 8.11. The number of thioether (sulfide) groups is 1. The summed E-state index contributed by atoms with van der Waals surface area (Å²) in [7, 11) is 0. The van der Waals surface area contributed by atoms with Crippen LogP contribution >= 0.6 is 27.7 Å². The predicted molar refractivity (Wildman–Crippen MR) is 192 cm³/mol. The second-order valence-corrected chi connectivity index (χ2v) is 12.3. The predicted octanol–water partition coefficient (Wildman–Crippen LogP) is 8.73. The Kier molecular flexibility index (Phi) is 11.6. The van der Waals surface area contributed by atoms with Crippen molar-refractivity contribution in [3.05, 3.63) is 160 Å². The van der Waals surface area contributed by atoms with E-state index in [-0.39, 0.29) is 11.6 Å². The quantitative estimate of drug-likeness (QED) is 0.0891. The average molecular weight is 707 g/mol. The van der Waals surface area contributed by atoms with Gasteiger partial charge in [0.05, 0.1) is 12.3 Å². The summed E-state index contributed by atoms with van der Waals surface area (Å²) in [6.07, 6.45) is 1.62. The van der Waals surface area contributed by atoms with E-state index in [1.165, 1.54) is 11.8 Å². The zero-order valence-corrected chi connectivity index (χ0v) is 27.9. The Balaban J connectivity index is 1.38. The van der Waals surface area contributed by atoms with Gasteiger partial charge in [-0.15, -0.1) is 11.8 Å². The van der Waals surface area contributed by atoms with Gasteiger partial charge >= 0.3 is 0 Å². The Labute approximate surface area is 286 Å². The number of anilines is 2. The van der Waals surface area contributed by atoms with Crippen molar-refractivity contribution < 1.29 is 19.1 Å². The zero-order valence-electron chi connectivity index (χ0n) is 25.5. The molecule has 0 radical (unpaired) electrons. The Morgan fingerprint density at radius 1 is 0.787 bits per heavy atom. The summed E-state index contributed by atoms with van der Waals surface area (Å²) in [5.74, 6) is -0.531. The molecule has 5 rings (SSSR count). The Hall–Kier alpha value is -5.12. The molecule has 3 N–H and O–H groups in total. The number of hydrogen-bond acceptors (Lipinski definition) is 5. The zero-order chi connectivity index (χ0) is 33.0. The van der Waals surface area contributed by atoms with Crippen LogP contribution in [0.25, 0.3) is 6.08 Å². The number of nitrogens with one attached hydrogen (secondary N) is 3. The van der Waals surface area contributed by atoms with Crippen LogP contribution in [0.3, 0.4) is 0 Å². The molecule has 0 fully saturated rings. The van der Waals surface area contributed by atoms with Crippen molar-refractivity contribution in [2.24, 2.45) is 0 Å². The van der Waals surface area contributed by atoms with Gasteiger partial charge in [0, 0.05) is 20.6 Å². The molecule has 0 aliphatic heterocycles. The van der Waals surface area contributed by atoms with Crippen LogP contribution in [-0.4, -0.2) is 24.3 Å². The Morgan fingerprint density at radius 3 is 2.23 bits per heavy atom. The van der Waals surface area contributed by atoms with Crippen LogP contribution in [0.1, 0.15) is 33.7 Å². The molecule has 0 spiro atoms. The molecule has 0 aliphatic rings. The molecule has 7 nitrogen and oxygen atoms in total. The monoisotopic (exact) mass is 705 g/mol. The highest BCUT2D eigenvalue weighted by molar-refractivity contribution is 9.10. The van der Waals surface area contributed by atoms with E-state index in [0.29, 0.717) is 29.3 Å². The van der Waals surface area contributed by atoms with E-state index >= 15 is 0 Å². The van der Waals surface area contributed by atoms with Gasteiger partial charge in [0.1, 0.15) is 16.7 Å². The highest BCUT2D eigenvalue weighted by Crippen LogP contribution is 2.38. The maximum atomic E-state index is 13.7. The minimum atomic E-state index is -0.603. The van der Waals surface area contributed by atoms with E-state index in [0.717, 1.165) is 20.5 Å². The van der Waals surface area contributed by atoms with E-state index in [1.807, 2.05) is 104 Å². The first-order valence-electron chi connectivity index (χ1n) is 14.9. The van der Waals surface area contributed by atoms with Gasteiger partial charge in [0.25, 0.3) is 11.8 Å². The van der Waals surface area contributed by atoms with Gasteiger partial charge in [-0.1, -0.05) is 94.8 Å². The van der Waals surface area contributed by atoms with Crippen molar-refractivity contribution in [3.63, 3.8) is 0 Å². The fourth-order valence-electron chi connectivity index (χ4n) is 4.64. The van der Waals surface area contributed by atoms with Gasteiger partial charge in [0.15, 0.2) is 0 Å². The lowest BCUT2D eigenvalue weighted by Gasteiger charge is -2.19. The van der Waals surface area contributed by atoms with Gasteiger partial charge in [-0.3, -0.25) is 14.4 Å². The molecule has 0 aliphatic carbocycles. The number of hydrogen-bond donors (Lipinski definition) is 3. The van der Waals surface area contributed by atoms with Gasteiger partial charge in [-0.05, 0) is 78.7 Å². The third-order valence-electron chi connectivity index (χ3n) is 6.82. The van der Waals surface area contributed by atoms with Crippen LogP contribution in [0.4, 0.5) is 11.4 Å². The SMILES string of the molecule is CCOc1ccccc1NC(=O)C(Sc1cccc(NC(=O)/C(=C\c2cccc(Br)c2)NC(=O)c2ccccc2)c1)c1ccccc1. The minimum Gasteiger partial charge on any atom is -0.492 e. The molecule has 3 amide bonds. The molecule has 0 heterocycles. The Bertz CT molecular complexity index is 1880. The second-order valence-electron chi connectivity index (χ2n) is 10.2. The fraction of sp³-hybridized carbons (Fsp3) is 0.0789. The summed E-state index contributed by atoms with van der Waals surface area (Å²) in [4.78, 5) is 41.2. The van der Waals surface area contributed by atoms with Crippen molar-refractivity contribution in [1.82, 2.24) is 5.32 Å². The van der Waals surface area contributed by atoms with E-state index in [4.69, 9.17) is 4.74 Å². The van der Waals surface area contributed by atoms with E-state index in [2.05, 4.69) is 31.9 Å². The van der Waals surface area contributed by atoms with Crippen LogP contribution in [0, 0.1) is 0 Å². The number of carbonyl (C=O) groups is 3. The molecule has 9 heteroatoms. The molecular formula is C38H32BrN3O4S. The van der Waals surface area contributed by atoms with Gasteiger partial charge in [0.2, 0.25) is 5.91 Å². The first-order chi connectivity index (χ1) is 22.9. The van der Waals surface area contributed by atoms with E-state index in [1.54, 1.807) is 42.5 Å². The number of amides is 3. The second kappa shape index (κ2) is 16.4. The molecule has 0 saturated carbocycles. The van der Waals surface area contributed by atoms with Gasteiger partial charge in [-0.25, -0.2) is 0 Å². The van der Waals surface area contributed by atoms with Crippen LogP contribution in [0.15, 0.2) is 149 Å². The number of benzene rings is 5. The lowest BCUT2D eigenvalue weighted by Crippen LogP contribution is -2.30. The van der Waals surface area contributed by atoms with Crippen molar-refractivity contribution in [1.29, 1.82) is 0 Å². The normalized spacial score (nSPS) is 11.7. The van der Waals surface area contributed by atoms with E-state index in [9.17, 15) is 14.4 Å². The number of rotatable bonds is 12. The molecular weight excluding hydrogens is 674 g/mol. The van der Waals surface area contributed by atoms with Crippen molar-refractivity contribution in [2.45, 2.75) is 17.1 Å². The summed E-state index contributed by atoms with van der Waals surface area (Å²) < 4.78 is 6.55. The van der Waals surface area contributed by atoms with Crippen molar-refractivity contribution >= 4 is 62.9 Å². The topological polar surface area (TPSA) is 96.5 Å². The molecule has 0 aromatic heterocycles. The summed E-state index contributed by atoms with van der Waals surface area (Å²) in [6.45, 7) is 2.36. The minimum absolute atomic E-state index is 0.0736. The molecule has 236 valence electrons. The van der Waals surface area contributed by atoms with Crippen LogP contribution in [0.5, 0.6) is 5.75 Å². The molecule has 5 aromatic rings. The molecule has 1 atom stereocenters. The highest BCUT2D eigenvalue weighted by atomic mass is 79.9. The van der Waals surface area contributed by atoms with E-state index < -0.39 is 17.1 Å². The van der Waals surface area contributed by atoms with Crippen LogP contribution in [-0.2, 0) is 9.59 Å². The summed E-state index contributed by atoms with van der Waals surface area (Å²) in [6, 6.07) is 40.2. The molecule has 1 unspecified atom stereocenters. The van der Waals surface area contributed by atoms with Crippen molar-refractivity contribution in [3.8, 4) is 5.75 Å². The number of carbonyl (C=O) groups excluding carboxylic acids is 3. The maximum absolute atomic E-state index is 13.7. The van der Waals surface area contributed by atoms with Crippen LogP contribution in [0.2, 0.25) is 0 Å². The Morgan fingerprint density at radius 2 is 1.49 bits per heavy atom. The standard InChI is InChI=1S/C38H32BrN3O4S/c1-2-46-34-22-10-9-21-32(34)41-38(45)35(27-14-5-3-6-15-27)47-31-20-12-19-30(25-31)40-37(44)33(24-26-13-11-18-29(39)23-26)42-36(43)28-16-7-4-8-17-28/h3-25,35H,2H2,1H3,(H,40,44)(H,41,45)(H,42,43)/b33-24+. The maximum Gasteiger partial charge on any atom is 0.272 e. The van der Waals surface area contributed by atoms with Gasteiger partial charge in [-0.2, -0.15) is 0 Å². The smallest absolute Gasteiger partial charge is 0.272 e. The third-order valence-corrected chi connectivity index (χ3v) is 8.56. The largest absolute Gasteiger partial charge is 0.492 e. The number of para-hydroxylation sites is 2. The molecule has 0 bridgehead atoms.